The Hall–Kier alpha value is -2.93. The summed E-state index contributed by atoms with van der Waals surface area (Å²) >= 11 is 4.69. The van der Waals surface area contributed by atoms with Crippen molar-refractivity contribution in [3.63, 3.8) is 0 Å². The van der Waals surface area contributed by atoms with E-state index in [1.54, 1.807) is 0 Å². The molecule has 0 spiro atoms. The van der Waals surface area contributed by atoms with E-state index < -0.39 is 0 Å². The van der Waals surface area contributed by atoms with Crippen LogP contribution in [-0.2, 0) is 0 Å². The Morgan fingerprint density at radius 1 is 1.18 bits per heavy atom. The molecule has 22 heavy (non-hydrogen) atoms. The molecule has 7 heteroatoms. The number of furan rings is 1. The van der Waals surface area contributed by atoms with Gasteiger partial charge in [0, 0.05) is 10.8 Å². The molecule has 4 rings (SSSR count). The number of azo groups is 1. The maximum Gasteiger partial charge on any atom is 0.218 e. The molecule has 4 aromatic rings. The van der Waals surface area contributed by atoms with Crippen molar-refractivity contribution in [1.82, 2.24) is 4.98 Å². The first-order valence-electron chi connectivity index (χ1n) is 6.51. The zero-order valence-electron chi connectivity index (χ0n) is 11.2. The van der Waals surface area contributed by atoms with E-state index in [-0.39, 0.29) is 16.7 Å². The molecule has 0 fully saturated rings. The lowest BCUT2D eigenvalue weighted by molar-refractivity contribution is 0.459. The number of H-pyrrole nitrogens is 1. The van der Waals surface area contributed by atoms with E-state index in [9.17, 15) is 5.11 Å². The first kappa shape index (κ1) is 12.8. The van der Waals surface area contributed by atoms with Gasteiger partial charge in [-0.1, -0.05) is 18.2 Å². The summed E-state index contributed by atoms with van der Waals surface area (Å²) in [6.45, 7) is 0. The fourth-order valence-corrected chi connectivity index (χ4v) is 2.67. The molecule has 6 nitrogen and oxygen atoms in total. The van der Waals surface area contributed by atoms with Gasteiger partial charge in [-0.15, -0.1) is 10.2 Å². The lowest BCUT2D eigenvalue weighted by Gasteiger charge is -1.93. The van der Waals surface area contributed by atoms with Gasteiger partial charge in [-0.05, 0) is 30.4 Å². The third kappa shape index (κ3) is 1.76. The number of aromatic nitrogens is 1. The maximum absolute atomic E-state index is 10.0. The summed E-state index contributed by atoms with van der Waals surface area (Å²) < 4.78 is 5.93. The average molecular weight is 310 g/mol. The molecule has 0 saturated heterocycles. The number of hydrogen-bond acceptors (Lipinski definition) is 4. The molecule has 0 bridgehead atoms. The number of para-hydroxylation sites is 1. The molecular weight excluding hydrogens is 300 g/mol. The molecule has 0 amide bonds. The second kappa shape index (κ2) is 4.54. The van der Waals surface area contributed by atoms with Gasteiger partial charge in [-0.25, -0.2) is 0 Å². The number of nitrogens with zero attached hydrogens (tertiary/aromatic N) is 2. The largest absolute Gasteiger partial charge is 0.493 e. The monoisotopic (exact) mass is 310 g/mol. The third-order valence-corrected chi connectivity index (χ3v) is 3.59. The Bertz CT molecular complexity index is 1080. The van der Waals surface area contributed by atoms with Gasteiger partial charge >= 0.3 is 0 Å². The molecular formula is C15H10N4O2S. The summed E-state index contributed by atoms with van der Waals surface area (Å²) in [6.07, 6.45) is 0. The van der Waals surface area contributed by atoms with Crippen molar-refractivity contribution in [3.8, 4) is 5.88 Å². The molecule has 0 aliphatic rings. The van der Waals surface area contributed by atoms with Gasteiger partial charge in [0.1, 0.15) is 11.2 Å². The van der Waals surface area contributed by atoms with Gasteiger partial charge in [-0.2, -0.15) is 0 Å². The predicted octanol–water partition coefficient (Wildman–Crippen LogP) is 4.10. The number of fused-ring (bicyclic) bond motifs is 5. The number of thiocarbonyl (C=S) groups is 1. The highest BCUT2D eigenvalue weighted by Crippen LogP contribution is 2.42. The molecule has 2 aromatic heterocycles. The third-order valence-electron chi connectivity index (χ3n) is 3.51. The normalized spacial score (nSPS) is 12.0. The summed E-state index contributed by atoms with van der Waals surface area (Å²) in [4.78, 5) is 2.84. The van der Waals surface area contributed by atoms with E-state index in [4.69, 9.17) is 10.2 Å². The topological polar surface area (TPSA) is 99.9 Å². The molecule has 2 aromatic carbocycles. The zero-order chi connectivity index (χ0) is 15.3. The minimum atomic E-state index is -0.108. The fraction of sp³-hybridized carbons (Fsp3) is 0. The van der Waals surface area contributed by atoms with Crippen molar-refractivity contribution < 1.29 is 9.52 Å². The first-order chi connectivity index (χ1) is 10.6. The Labute approximate surface area is 129 Å². The number of rotatable bonds is 1. The van der Waals surface area contributed by atoms with Crippen LogP contribution in [0, 0.1) is 0 Å². The molecule has 0 unspecified atom stereocenters. The van der Waals surface area contributed by atoms with Crippen molar-refractivity contribution in [1.29, 1.82) is 0 Å². The molecule has 0 radical (unpaired) electrons. The second-order valence-corrected chi connectivity index (χ2v) is 5.24. The summed E-state index contributed by atoms with van der Waals surface area (Å²) in [5.74, 6) is -0.108. The average Bonchev–Trinajstić information content (AvgIpc) is 3.01. The molecule has 0 saturated carbocycles. The standard InChI is InChI=1S/C15H10N4O2S/c16-15(22)19-18-12-11-9(17-14(12)20)6-5-8-7-3-1-2-4-10(7)21-13(8)11/h1-6,17,20H,(H2,16,22). The predicted molar refractivity (Wildman–Crippen MR) is 88.5 cm³/mol. The minimum Gasteiger partial charge on any atom is -0.493 e. The van der Waals surface area contributed by atoms with E-state index in [2.05, 4.69) is 27.4 Å². The summed E-state index contributed by atoms with van der Waals surface area (Å²) in [5, 5.41) is 20.1. The van der Waals surface area contributed by atoms with E-state index >= 15 is 0 Å². The smallest absolute Gasteiger partial charge is 0.218 e. The SMILES string of the molecule is NC(=S)N=Nc1c(O)[nH]c2ccc3c4ccccc4oc3c12. The highest BCUT2D eigenvalue weighted by Gasteiger charge is 2.18. The van der Waals surface area contributed by atoms with Crippen LogP contribution in [0.2, 0.25) is 0 Å². The summed E-state index contributed by atoms with van der Waals surface area (Å²) in [7, 11) is 0. The highest BCUT2D eigenvalue weighted by atomic mass is 32.1. The van der Waals surface area contributed by atoms with E-state index in [0.29, 0.717) is 16.5 Å². The molecule has 0 aliphatic carbocycles. The maximum atomic E-state index is 10.0. The number of nitrogens with one attached hydrogen (secondary N) is 1. The van der Waals surface area contributed by atoms with E-state index in [1.807, 2.05) is 36.4 Å². The van der Waals surface area contributed by atoms with E-state index in [1.165, 1.54) is 0 Å². The first-order valence-corrected chi connectivity index (χ1v) is 6.92. The lowest BCUT2D eigenvalue weighted by Crippen LogP contribution is -2.01. The molecule has 4 N–H and O–H groups in total. The number of hydrogen-bond donors (Lipinski definition) is 3. The molecule has 2 heterocycles. The second-order valence-electron chi connectivity index (χ2n) is 4.82. The fourth-order valence-electron chi connectivity index (χ4n) is 2.63. The summed E-state index contributed by atoms with van der Waals surface area (Å²) in [5.41, 5.74) is 7.68. The van der Waals surface area contributed by atoms with Crippen LogP contribution >= 0.6 is 12.2 Å². The van der Waals surface area contributed by atoms with Crippen LogP contribution in [0.1, 0.15) is 0 Å². The van der Waals surface area contributed by atoms with Gasteiger partial charge in [0.2, 0.25) is 11.0 Å². The lowest BCUT2D eigenvalue weighted by atomic mass is 10.1. The van der Waals surface area contributed by atoms with Crippen LogP contribution in [0.25, 0.3) is 32.8 Å². The Kier molecular flexibility index (Phi) is 2.64. The zero-order valence-corrected chi connectivity index (χ0v) is 12.0. The number of aromatic amines is 1. The van der Waals surface area contributed by atoms with Crippen LogP contribution in [0.15, 0.2) is 51.0 Å². The van der Waals surface area contributed by atoms with Crippen LogP contribution < -0.4 is 5.73 Å². The van der Waals surface area contributed by atoms with Crippen LogP contribution in [0.5, 0.6) is 5.88 Å². The van der Waals surface area contributed by atoms with Crippen molar-refractivity contribution in [3.05, 3.63) is 36.4 Å². The Balaban J connectivity index is 2.15. The summed E-state index contributed by atoms with van der Waals surface area (Å²) in [6, 6.07) is 11.5. The number of nitrogens with two attached hydrogens (primary N) is 1. The van der Waals surface area contributed by atoms with Gasteiger partial charge in [0.15, 0.2) is 5.69 Å². The number of aromatic hydroxyl groups is 1. The van der Waals surface area contributed by atoms with Gasteiger partial charge in [0.25, 0.3) is 0 Å². The highest BCUT2D eigenvalue weighted by molar-refractivity contribution is 7.80. The van der Waals surface area contributed by atoms with Crippen molar-refractivity contribution in [2.24, 2.45) is 16.0 Å². The Morgan fingerprint density at radius 3 is 2.82 bits per heavy atom. The number of benzene rings is 2. The van der Waals surface area contributed by atoms with Gasteiger partial charge in [0.05, 0.1) is 10.9 Å². The quantitative estimate of drug-likeness (QED) is 0.364. The Morgan fingerprint density at radius 2 is 2.00 bits per heavy atom. The van der Waals surface area contributed by atoms with Crippen LogP contribution in [0.4, 0.5) is 5.69 Å². The van der Waals surface area contributed by atoms with Gasteiger partial charge in [-0.3, -0.25) is 0 Å². The van der Waals surface area contributed by atoms with Crippen LogP contribution in [-0.4, -0.2) is 15.2 Å². The van der Waals surface area contributed by atoms with Gasteiger partial charge < -0.3 is 20.2 Å². The van der Waals surface area contributed by atoms with Crippen molar-refractivity contribution in [2.75, 3.05) is 0 Å². The van der Waals surface area contributed by atoms with Crippen LogP contribution in [0.3, 0.4) is 0 Å². The van der Waals surface area contributed by atoms with E-state index in [0.717, 1.165) is 16.4 Å². The minimum absolute atomic E-state index is 0.106. The molecule has 108 valence electrons. The molecule has 0 atom stereocenters. The molecule has 0 aliphatic heterocycles. The van der Waals surface area contributed by atoms with Crippen molar-refractivity contribution in [2.45, 2.75) is 0 Å². The van der Waals surface area contributed by atoms with Crippen molar-refractivity contribution >= 4 is 55.9 Å².